The molecule has 1 saturated heterocycles. The van der Waals surface area contributed by atoms with Crippen LogP contribution >= 0.6 is 0 Å². The molecule has 0 saturated carbocycles. The summed E-state index contributed by atoms with van der Waals surface area (Å²) in [6.07, 6.45) is 4.49. The molecule has 7 heteroatoms. The minimum Gasteiger partial charge on any atom is -0.478 e. The van der Waals surface area contributed by atoms with E-state index >= 15 is 0 Å². The molecular formula is C28H34N4O3. The van der Waals surface area contributed by atoms with E-state index in [0.717, 1.165) is 60.1 Å². The van der Waals surface area contributed by atoms with Crippen molar-refractivity contribution in [3.63, 3.8) is 0 Å². The van der Waals surface area contributed by atoms with Crippen molar-refractivity contribution in [3.8, 4) is 22.8 Å². The largest absolute Gasteiger partial charge is 0.478 e. The number of morpholine rings is 1. The van der Waals surface area contributed by atoms with Gasteiger partial charge in [0.25, 0.3) is 0 Å². The Balaban J connectivity index is 1.44. The van der Waals surface area contributed by atoms with Crippen molar-refractivity contribution in [1.29, 1.82) is 0 Å². The zero-order valence-electron chi connectivity index (χ0n) is 20.9. The molecule has 0 spiro atoms. The van der Waals surface area contributed by atoms with E-state index in [1.807, 2.05) is 29.1 Å². The molecule has 35 heavy (non-hydrogen) atoms. The first-order valence-corrected chi connectivity index (χ1v) is 12.7. The molecule has 1 fully saturated rings. The SMILES string of the molecule is Cc1cccc(-c2ccn(-c3cc(N4CCOCC4)c4c(n3)CC(C(=O)CCCC(C)C)O4)n2)c1. The zero-order valence-corrected chi connectivity index (χ0v) is 20.9. The van der Waals surface area contributed by atoms with Crippen LogP contribution in [0.1, 0.15) is 44.4 Å². The summed E-state index contributed by atoms with van der Waals surface area (Å²) in [5.74, 6) is 2.24. The van der Waals surface area contributed by atoms with Gasteiger partial charge in [0.05, 0.1) is 30.3 Å². The minimum atomic E-state index is -0.458. The lowest BCUT2D eigenvalue weighted by Gasteiger charge is -2.30. The third kappa shape index (κ3) is 5.25. The molecule has 0 amide bonds. The summed E-state index contributed by atoms with van der Waals surface area (Å²) in [4.78, 5) is 20.1. The van der Waals surface area contributed by atoms with Crippen molar-refractivity contribution in [3.05, 3.63) is 53.9 Å². The van der Waals surface area contributed by atoms with Crippen molar-refractivity contribution >= 4 is 11.5 Å². The second-order valence-electron chi connectivity index (χ2n) is 9.95. The van der Waals surface area contributed by atoms with Crippen LogP contribution in [0.15, 0.2) is 42.6 Å². The number of pyridine rings is 1. The van der Waals surface area contributed by atoms with E-state index < -0.39 is 6.10 Å². The van der Waals surface area contributed by atoms with Crippen LogP contribution in [0.4, 0.5) is 5.69 Å². The Hall–Kier alpha value is -3.19. The number of aromatic nitrogens is 3. The third-order valence-electron chi connectivity index (χ3n) is 6.70. The van der Waals surface area contributed by atoms with E-state index in [-0.39, 0.29) is 5.78 Å². The Kier molecular flexibility index (Phi) is 6.86. The Labute approximate surface area is 207 Å². The number of ketones is 1. The standard InChI is InChI=1S/C28H34N4O3/c1-19(2)6-4-9-25(33)26-17-23-28(35-26)24(31-12-14-34-15-13-31)18-27(29-23)32-11-10-22(30-32)21-8-5-7-20(3)16-21/h5,7-8,10-11,16,18-19,26H,4,6,9,12-15,17H2,1-3H3. The van der Waals surface area contributed by atoms with E-state index in [1.165, 1.54) is 5.56 Å². The molecule has 0 radical (unpaired) electrons. The number of hydrogen-bond donors (Lipinski definition) is 0. The molecule has 1 unspecified atom stereocenters. The van der Waals surface area contributed by atoms with Gasteiger partial charge in [0.1, 0.15) is 0 Å². The third-order valence-corrected chi connectivity index (χ3v) is 6.70. The monoisotopic (exact) mass is 474 g/mol. The number of anilines is 1. The maximum atomic E-state index is 12.9. The lowest BCUT2D eigenvalue weighted by Crippen LogP contribution is -2.36. The van der Waals surface area contributed by atoms with E-state index in [0.29, 0.717) is 32.0 Å². The van der Waals surface area contributed by atoms with Crippen molar-refractivity contribution in [2.75, 3.05) is 31.2 Å². The van der Waals surface area contributed by atoms with Crippen LogP contribution in [-0.2, 0) is 16.0 Å². The Morgan fingerprint density at radius 2 is 2.00 bits per heavy atom. The molecule has 0 aliphatic carbocycles. The van der Waals surface area contributed by atoms with Crippen LogP contribution in [0.2, 0.25) is 0 Å². The maximum Gasteiger partial charge on any atom is 0.173 e. The van der Waals surface area contributed by atoms with E-state index in [4.69, 9.17) is 19.6 Å². The first kappa shape index (κ1) is 23.5. The van der Waals surface area contributed by atoms with E-state index in [2.05, 4.69) is 43.9 Å². The number of carbonyl (C=O) groups excluding carboxylic acids is 1. The highest BCUT2D eigenvalue weighted by molar-refractivity contribution is 5.85. The van der Waals surface area contributed by atoms with Gasteiger partial charge in [0.2, 0.25) is 0 Å². The minimum absolute atomic E-state index is 0.166. The summed E-state index contributed by atoms with van der Waals surface area (Å²) in [5, 5.41) is 4.82. The Bertz CT molecular complexity index is 1200. The van der Waals surface area contributed by atoms with Crippen molar-refractivity contribution in [2.45, 2.75) is 52.6 Å². The number of ether oxygens (including phenoxy) is 2. The summed E-state index contributed by atoms with van der Waals surface area (Å²) >= 11 is 0. The first-order chi connectivity index (χ1) is 17.0. The van der Waals surface area contributed by atoms with Gasteiger partial charge in [-0.15, -0.1) is 0 Å². The Morgan fingerprint density at radius 3 is 2.77 bits per heavy atom. The van der Waals surface area contributed by atoms with E-state index in [9.17, 15) is 4.79 Å². The van der Waals surface area contributed by atoms with Gasteiger partial charge in [-0.05, 0) is 31.4 Å². The highest BCUT2D eigenvalue weighted by Gasteiger charge is 2.34. The van der Waals surface area contributed by atoms with Crippen LogP contribution < -0.4 is 9.64 Å². The summed E-state index contributed by atoms with van der Waals surface area (Å²) in [7, 11) is 0. The van der Waals surface area contributed by atoms with Crippen LogP contribution in [0.25, 0.3) is 17.1 Å². The van der Waals surface area contributed by atoms with Crippen molar-refractivity contribution in [2.24, 2.45) is 5.92 Å². The fourth-order valence-electron chi connectivity index (χ4n) is 4.77. The molecule has 184 valence electrons. The topological polar surface area (TPSA) is 69.5 Å². The number of rotatable bonds is 8. The normalized spacial score (nSPS) is 17.5. The molecule has 1 atom stereocenters. The van der Waals surface area contributed by atoms with E-state index in [1.54, 1.807) is 0 Å². The highest BCUT2D eigenvalue weighted by atomic mass is 16.5. The number of nitrogens with zero attached hydrogens (tertiary/aromatic N) is 4. The molecule has 2 aliphatic heterocycles. The van der Waals surface area contributed by atoms with Gasteiger partial charge in [-0.3, -0.25) is 4.79 Å². The maximum absolute atomic E-state index is 12.9. The van der Waals surface area contributed by atoms with Gasteiger partial charge in [-0.25, -0.2) is 9.67 Å². The summed E-state index contributed by atoms with van der Waals surface area (Å²) in [6, 6.07) is 12.4. The number of aryl methyl sites for hydroxylation is 1. The van der Waals surface area contributed by atoms with Gasteiger partial charge < -0.3 is 14.4 Å². The fraction of sp³-hybridized carbons (Fsp3) is 0.464. The van der Waals surface area contributed by atoms with Gasteiger partial charge in [-0.2, -0.15) is 5.10 Å². The summed E-state index contributed by atoms with van der Waals surface area (Å²) in [6.45, 7) is 9.35. The first-order valence-electron chi connectivity index (χ1n) is 12.7. The van der Waals surface area contributed by atoms with Crippen LogP contribution in [0.5, 0.6) is 5.75 Å². The van der Waals surface area contributed by atoms with Gasteiger partial charge in [0, 0.05) is 43.8 Å². The second kappa shape index (κ2) is 10.2. The molecule has 2 aliphatic rings. The predicted octanol–water partition coefficient (Wildman–Crippen LogP) is 4.78. The smallest absolute Gasteiger partial charge is 0.173 e. The average Bonchev–Trinajstić information content (AvgIpc) is 3.51. The second-order valence-corrected chi connectivity index (χ2v) is 9.95. The predicted molar refractivity (Wildman–Crippen MR) is 136 cm³/mol. The van der Waals surface area contributed by atoms with Crippen molar-refractivity contribution in [1.82, 2.24) is 14.8 Å². The average molecular weight is 475 g/mol. The summed E-state index contributed by atoms with van der Waals surface area (Å²) in [5.41, 5.74) is 4.98. The van der Waals surface area contributed by atoms with Gasteiger partial charge >= 0.3 is 0 Å². The number of hydrogen-bond acceptors (Lipinski definition) is 6. The lowest BCUT2D eigenvalue weighted by molar-refractivity contribution is -0.125. The molecular weight excluding hydrogens is 440 g/mol. The fourth-order valence-corrected chi connectivity index (χ4v) is 4.77. The van der Waals surface area contributed by atoms with Gasteiger partial charge in [0.15, 0.2) is 23.5 Å². The van der Waals surface area contributed by atoms with Crippen LogP contribution in [0.3, 0.4) is 0 Å². The van der Waals surface area contributed by atoms with Gasteiger partial charge in [-0.1, -0.05) is 44.0 Å². The van der Waals surface area contributed by atoms with Crippen LogP contribution in [-0.4, -0.2) is 53.0 Å². The molecule has 5 rings (SSSR count). The molecule has 7 nitrogen and oxygen atoms in total. The number of carbonyl (C=O) groups is 1. The number of benzene rings is 1. The molecule has 3 aromatic rings. The zero-order chi connectivity index (χ0) is 24.4. The molecule has 0 bridgehead atoms. The molecule has 4 heterocycles. The lowest BCUT2D eigenvalue weighted by atomic mass is 10.0. The molecule has 2 aromatic heterocycles. The van der Waals surface area contributed by atoms with Crippen molar-refractivity contribution < 1.29 is 14.3 Å². The quantitative estimate of drug-likeness (QED) is 0.468. The summed E-state index contributed by atoms with van der Waals surface area (Å²) < 4.78 is 13.7. The highest BCUT2D eigenvalue weighted by Crippen LogP contribution is 2.39. The van der Waals surface area contributed by atoms with Crippen LogP contribution in [0, 0.1) is 12.8 Å². The molecule has 1 aromatic carbocycles. The number of fused-ring (bicyclic) bond motifs is 1. The number of Topliss-reactive ketones (excluding diaryl/α,β-unsaturated/α-hetero) is 1. The Morgan fingerprint density at radius 1 is 1.17 bits per heavy atom. The molecule has 0 N–H and O–H groups in total.